The van der Waals surface area contributed by atoms with Crippen molar-refractivity contribution in [2.45, 2.75) is 26.2 Å². The maximum atomic E-state index is 13.0. The molecule has 0 aliphatic carbocycles. The molecule has 5 heteroatoms. The zero-order valence-corrected chi connectivity index (χ0v) is 16.3. The number of nitrogens with zero attached hydrogens (tertiary/aromatic N) is 3. The van der Waals surface area contributed by atoms with Crippen LogP contribution in [0.25, 0.3) is 0 Å². The number of thioether (sulfide) groups is 1. The van der Waals surface area contributed by atoms with Crippen molar-refractivity contribution >= 4 is 23.4 Å². The Balaban J connectivity index is 1.68. The molecule has 0 saturated carbocycles. The van der Waals surface area contributed by atoms with E-state index in [9.17, 15) is 10.1 Å². The molecule has 1 atom stereocenters. The lowest BCUT2D eigenvalue weighted by atomic mass is 9.84. The summed E-state index contributed by atoms with van der Waals surface area (Å²) in [6.07, 6.45) is 0.347. The van der Waals surface area contributed by atoms with Crippen LogP contribution in [0.5, 0.6) is 0 Å². The molecule has 4 rings (SSSR count). The summed E-state index contributed by atoms with van der Waals surface area (Å²) in [5, 5.41) is 10.7. The van der Waals surface area contributed by atoms with E-state index in [1.807, 2.05) is 31.2 Å². The first-order valence-electron chi connectivity index (χ1n) is 9.03. The zero-order chi connectivity index (χ0) is 19.0. The largest absolute Gasteiger partial charge is 0.344 e. The van der Waals surface area contributed by atoms with Gasteiger partial charge in [0.1, 0.15) is 0 Å². The molecule has 0 aromatic heterocycles. The molecular formula is C22H21N3OS. The number of fused-ring (bicyclic) bond motifs is 1. The number of amides is 1. The highest BCUT2D eigenvalue weighted by Crippen LogP contribution is 2.43. The van der Waals surface area contributed by atoms with Crippen LogP contribution in [-0.2, 0) is 4.79 Å². The molecule has 27 heavy (non-hydrogen) atoms. The molecule has 1 unspecified atom stereocenters. The number of hydrogen-bond acceptors (Lipinski definition) is 4. The molecule has 4 nitrogen and oxygen atoms in total. The summed E-state index contributed by atoms with van der Waals surface area (Å²) in [4.78, 5) is 16.9. The summed E-state index contributed by atoms with van der Waals surface area (Å²) in [7, 11) is 0. The highest BCUT2D eigenvalue weighted by molar-refractivity contribution is 8.03. The first-order chi connectivity index (χ1) is 13.1. The summed E-state index contributed by atoms with van der Waals surface area (Å²) in [5.41, 5.74) is 5.23. The first-order valence-corrected chi connectivity index (χ1v) is 10.0. The standard InChI is InChI=1S/C22H21N3OS/c1-15-7-9-17(10-8-15)24-13-25-21(26)11-19(18-6-4-3-5-16(18)2)20(12-23)22(25)27-14-24/h3-10,19H,11,13-14H2,1-2H3. The Kier molecular flexibility index (Phi) is 4.67. The summed E-state index contributed by atoms with van der Waals surface area (Å²) >= 11 is 1.58. The number of nitriles is 1. The second-order valence-corrected chi connectivity index (χ2v) is 7.99. The van der Waals surface area contributed by atoms with Gasteiger partial charge in [0.05, 0.1) is 29.2 Å². The van der Waals surface area contributed by atoms with Crippen LogP contribution in [0, 0.1) is 25.2 Å². The van der Waals surface area contributed by atoms with E-state index in [4.69, 9.17) is 0 Å². The number of carbonyl (C=O) groups is 1. The van der Waals surface area contributed by atoms with Crippen LogP contribution < -0.4 is 4.90 Å². The third kappa shape index (κ3) is 3.22. The number of hydrogen-bond donors (Lipinski definition) is 0. The van der Waals surface area contributed by atoms with E-state index in [-0.39, 0.29) is 11.8 Å². The van der Waals surface area contributed by atoms with E-state index >= 15 is 0 Å². The fourth-order valence-corrected chi connectivity index (χ4v) is 4.89. The monoisotopic (exact) mass is 375 g/mol. The average molecular weight is 375 g/mol. The molecular weight excluding hydrogens is 354 g/mol. The molecule has 0 N–H and O–H groups in total. The minimum atomic E-state index is -0.145. The van der Waals surface area contributed by atoms with Gasteiger partial charge in [-0.15, -0.1) is 0 Å². The SMILES string of the molecule is Cc1ccc(N2CSC3=C(C#N)C(c4ccccc4C)CC(=O)N3C2)cc1. The van der Waals surface area contributed by atoms with Gasteiger partial charge < -0.3 is 4.90 Å². The minimum absolute atomic E-state index is 0.0848. The van der Waals surface area contributed by atoms with Crippen LogP contribution in [-0.4, -0.2) is 23.4 Å². The van der Waals surface area contributed by atoms with E-state index < -0.39 is 0 Å². The fraction of sp³-hybridized carbons (Fsp3) is 0.273. The maximum absolute atomic E-state index is 13.0. The Bertz CT molecular complexity index is 958. The van der Waals surface area contributed by atoms with Crippen molar-refractivity contribution < 1.29 is 4.79 Å². The Morgan fingerprint density at radius 2 is 1.85 bits per heavy atom. The minimum Gasteiger partial charge on any atom is -0.344 e. The second-order valence-electron chi connectivity index (χ2n) is 7.06. The van der Waals surface area contributed by atoms with Crippen molar-refractivity contribution in [1.29, 1.82) is 5.26 Å². The molecule has 1 amide bonds. The quantitative estimate of drug-likeness (QED) is 0.774. The van der Waals surface area contributed by atoms with Gasteiger partial charge in [0, 0.05) is 18.0 Å². The van der Waals surface area contributed by atoms with Gasteiger partial charge in [0.15, 0.2) is 0 Å². The van der Waals surface area contributed by atoms with E-state index in [0.717, 1.165) is 33.3 Å². The Morgan fingerprint density at radius 3 is 2.56 bits per heavy atom. The van der Waals surface area contributed by atoms with Crippen molar-refractivity contribution in [3.8, 4) is 6.07 Å². The van der Waals surface area contributed by atoms with Gasteiger partial charge in [0.2, 0.25) is 5.91 Å². The molecule has 0 bridgehead atoms. The summed E-state index contributed by atoms with van der Waals surface area (Å²) < 4.78 is 0. The van der Waals surface area contributed by atoms with E-state index in [0.29, 0.717) is 13.1 Å². The lowest BCUT2D eigenvalue weighted by molar-refractivity contribution is -0.129. The molecule has 136 valence electrons. The van der Waals surface area contributed by atoms with Crippen molar-refractivity contribution in [3.63, 3.8) is 0 Å². The Labute approximate surface area is 164 Å². The third-order valence-electron chi connectivity index (χ3n) is 5.26. The van der Waals surface area contributed by atoms with Gasteiger partial charge in [-0.25, -0.2) is 0 Å². The molecule has 2 aliphatic heterocycles. The molecule has 0 spiro atoms. The van der Waals surface area contributed by atoms with Crippen LogP contribution in [0.15, 0.2) is 59.1 Å². The summed E-state index contributed by atoms with van der Waals surface area (Å²) in [6, 6.07) is 18.8. The maximum Gasteiger partial charge on any atom is 0.229 e. The number of anilines is 1. The molecule has 1 saturated heterocycles. The molecule has 2 aliphatic rings. The molecule has 0 radical (unpaired) electrons. The van der Waals surface area contributed by atoms with E-state index in [2.05, 4.69) is 42.2 Å². The van der Waals surface area contributed by atoms with Crippen molar-refractivity contribution in [2.24, 2.45) is 0 Å². The van der Waals surface area contributed by atoms with Crippen LogP contribution in [0.2, 0.25) is 0 Å². The highest BCUT2D eigenvalue weighted by atomic mass is 32.2. The summed E-state index contributed by atoms with van der Waals surface area (Å²) in [5.74, 6) is 0.670. The van der Waals surface area contributed by atoms with Crippen molar-refractivity contribution in [3.05, 3.63) is 75.8 Å². The van der Waals surface area contributed by atoms with Crippen molar-refractivity contribution in [2.75, 3.05) is 17.4 Å². The molecule has 2 aromatic rings. The van der Waals surface area contributed by atoms with E-state index in [1.165, 1.54) is 5.56 Å². The van der Waals surface area contributed by atoms with Crippen LogP contribution in [0.4, 0.5) is 5.69 Å². The number of benzene rings is 2. The zero-order valence-electron chi connectivity index (χ0n) is 15.5. The fourth-order valence-electron chi connectivity index (χ4n) is 3.72. The molecule has 2 aromatic carbocycles. The molecule has 1 fully saturated rings. The normalized spacial score (nSPS) is 19.7. The predicted octanol–water partition coefficient (Wildman–Crippen LogP) is 4.52. The smallest absolute Gasteiger partial charge is 0.229 e. The predicted molar refractivity (Wildman–Crippen MR) is 109 cm³/mol. The molecule has 2 heterocycles. The topological polar surface area (TPSA) is 47.3 Å². The van der Waals surface area contributed by atoms with Crippen LogP contribution >= 0.6 is 11.8 Å². The lowest BCUT2D eigenvalue weighted by Gasteiger charge is -2.42. The van der Waals surface area contributed by atoms with Gasteiger partial charge in [-0.3, -0.25) is 9.69 Å². The van der Waals surface area contributed by atoms with Gasteiger partial charge in [-0.2, -0.15) is 5.26 Å². The van der Waals surface area contributed by atoms with Gasteiger partial charge in [-0.05, 0) is 37.1 Å². The number of aryl methyl sites for hydroxylation is 2. The van der Waals surface area contributed by atoms with E-state index in [1.54, 1.807) is 16.7 Å². The Hall–Kier alpha value is -2.71. The van der Waals surface area contributed by atoms with Crippen LogP contribution in [0.3, 0.4) is 0 Å². The Morgan fingerprint density at radius 1 is 1.11 bits per heavy atom. The number of allylic oxidation sites excluding steroid dienone is 1. The van der Waals surface area contributed by atoms with Crippen LogP contribution in [0.1, 0.15) is 29.0 Å². The second kappa shape index (κ2) is 7.13. The highest BCUT2D eigenvalue weighted by Gasteiger charge is 2.38. The third-order valence-corrected chi connectivity index (χ3v) is 6.41. The first kappa shape index (κ1) is 17.7. The van der Waals surface area contributed by atoms with Crippen molar-refractivity contribution in [1.82, 2.24) is 4.90 Å². The van der Waals surface area contributed by atoms with Gasteiger partial charge >= 0.3 is 0 Å². The summed E-state index contributed by atoms with van der Waals surface area (Å²) in [6.45, 7) is 4.60. The number of carbonyl (C=O) groups excluding carboxylic acids is 1. The number of rotatable bonds is 2. The average Bonchev–Trinajstić information content (AvgIpc) is 2.69. The lowest BCUT2D eigenvalue weighted by Crippen LogP contribution is -2.47. The van der Waals surface area contributed by atoms with Gasteiger partial charge in [-0.1, -0.05) is 53.7 Å². The van der Waals surface area contributed by atoms with Gasteiger partial charge in [0.25, 0.3) is 0 Å².